The first-order chi connectivity index (χ1) is 8.69. The van der Waals surface area contributed by atoms with Crippen LogP contribution in [0.15, 0.2) is 30.3 Å². The van der Waals surface area contributed by atoms with Gasteiger partial charge in [0.15, 0.2) is 0 Å². The lowest BCUT2D eigenvalue weighted by Gasteiger charge is -2.11. The maximum Gasteiger partial charge on any atom is 0.315 e. The molecule has 0 spiro atoms. The van der Waals surface area contributed by atoms with Gasteiger partial charge < -0.3 is 15.6 Å². The van der Waals surface area contributed by atoms with E-state index < -0.39 is 0 Å². The van der Waals surface area contributed by atoms with E-state index >= 15 is 0 Å². The average molecular weight is 245 g/mol. The van der Waals surface area contributed by atoms with Crippen molar-refractivity contribution < 1.29 is 4.79 Å². The number of benzene rings is 1. The fourth-order valence-corrected chi connectivity index (χ4v) is 1.78. The molecule has 2 amide bonds. The number of para-hydroxylation sites is 1. The Balaban J connectivity index is 1.92. The molecule has 96 valence electrons. The largest absolute Gasteiger partial charge is 0.357 e. The molecule has 0 aliphatic heterocycles. The second-order valence-electron chi connectivity index (χ2n) is 4.52. The Bertz CT molecular complexity index is 500. The third-order valence-corrected chi connectivity index (χ3v) is 3.02. The molecule has 2 aromatic rings. The molecular weight excluding hydrogens is 226 g/mol. The number of carbonyl (C=O) groups excluding carboxylic acids is 1. The minimum absolute atomic E-state index is 0.122. The first-order valence-electron chi connectivity index (χ1n) is 6.30. The SMILES string of the molecule is CCC(C)NC(=O)NCc1cc2ccccc2[nH]1. The van der Waals surface area contributed by atoms with Gasteiger partial charge in [0.2, 0.25) is 0 Å². The van der Waals surface area contributed by atoms with Crippen molar-refractivity contribution in [3.63, 3.8) is 0 Å². The molecule has 4 nitrogen and oxygen atoms in total. The van der Waals surface area contributed by atoms with Gasteiger partial charge in [-0.05, 0) is 30.9 Å². The molecule has 1 unspecified atom stereocenters. The number of carbonyl (C=O) groups is 1. The number of aromatic nitrogens is 1. The third kappa shape index (κ3) is 3.03. The van der Waals surface area contributed by atoms with Crippen LogP contribution >= 0.6 is 0 Å². The number of hydrogen-bond donors (Lipinski definition) is 3. The Morgan fingerprint density at radius 1 is 1.39 bits per heavy atom. The van der Waals surface area contributed by atoms with Crippen LogP contribution in [0.2, 0.25) is 0 Å². The molecule has 1 aromatic carbocycles. The van der Waals surface area contributed by atoms with Crippen molar-refractivity contribution in [3.05, 3.63) is 36.0 Å². The number of urea groups is 1. The summed E-state index contributed by atoms with van der Waals surface area (Å²) in [6.45, 7) is 4.54. The maximum atomic E-state index is 11.6. The molecular formula is C14H19N3O. The Kier molecular flexibility index (Phi) is 3.87. The van der Waals surface area contributed by atoms with Crippen molar-refractivity contribution in [1.82, 2.24) is 15.6 Å². The molecule has 0 aliphatic rings. The topological polar surface area (TPSA) is 56.9 Å². The summed E-state index contributed by atoms with van der Waals surface area (Å²) in [5.74, 6) is 0. The number of nitrogens with one attached hydrogen (secondary N) is 3. The molecule has 1 aromatic heterocycles. The van der Waals surface area contributed by atoms with E-state index in [4.69, 9.17) is 0 Å². The average Bonchev–Trinajstić information content (AvgIpc) is 2.79. The first-order valence-corrected chi connectivity index (χ1v) is 6.30. The van der Waals surface area contributed by atoms with Crippen molar-refractivity contribution in [3.8, 4) is 0 Å². The monoisotopic (exact) mass is 245 g/mol. The molecule has 3 N–H and O–H groups in total. The van der Waals surface area contributed by atoms with Gasteiger partial charge in [0.05, 0.1) is 6.54 Å². The molecule has 0 aliphatic carbocycles. The van der Waals surface area contributed by atoms with Gasteiger partial charge in [0, 0.05) is 17.3 Å². The van der Waals surface area contributed by atoms with Crippen LogP contribution in [0.25, 0.3) is 10.9 Å². The van der Waals surface area contributed by atoms with Crippen molar-refractivity contribution in [2.24, 2.45) is 0 Å². The smallest absolute Gasteiger partial charge is 0.315 e. The molecule has 1 atom stereocenters. The van der Waals surface area contributed by atoms with Gasteiger partial charge in [-0.2, -0.15) is 0 Å². The Morgan fingerprint density at radius 3 is 2.89 bits per heavy atom. The normalized spacial score (nSPS) is 12.3. The maximum absolute atomic E-state index is 11.6. The van der Waals surface area contributed by atoms with Gasteiger partial charge in [-0.1, -0.05) is 25.1 Å². The molecule has 0 saturated carbocycles. The van der Waals surface area contributed by atoms with E-state index in [1.54, 1.807) is 0 Å². The summed E-state index contributed by atoms with van der Waals surface area (Å²) in [7, 11) is 0. The van der Waals surface area contributed by atoms with Crippen LogP contribution in [-0.2, 0) is 6.54 Å². The molecule has 0 bridgehead atoms. The number of rotatable bonds is 4. The van der Waals surface area contributed by atoms with Crippen LogP contribution in [0.3, 0.4) is 0 Å². The lowest BCUT2D eigenvalue weighted by atomic mass is 10.2. The fourth-order valence-electron chi connectivity index (χ4n) is 1.78. The zero-order valence-electron chi connectivity index (χ0n) is 10.8. The van der Waals surface area contributed by atoms with Crippen molar-refractivity contribution in [1.29, 1.82) is 0 Å². The van der Waals surface area contributed by atoms with Crippen LogP contribution in [0.1, 0.15) is 26.0 Å². The quantitative estimate of drug-likeness (QED) is 0.762. The van der Waals surface area contributed by atoms with Crippen molar-refractivity contribution in [2.45, 2.75) is 32.9 Å². The Hall–Kier alpha value is -1.97. The number of amides is 2. The predicted octanol–water partition coefficient (Wildman–Crippen LogP) is 2.77. The van der Waals surface area contributed by atoms with Crippen LogP contribution in [-0.4, -0.2) is 17.1 Å². The molecule has 4 heteroatoms. The summed E-state index contributed by atoms with van der Waals surface area (Å²) in [5, 5.41) is 6.88. The summed E-state index contributed by atoms with van der Waals surface area (Å²) in [4.78, 5) is 14.8. The first kappa shape index (κ1) is 12.5. The second-order valence-corrected chi connectivity index (χ2v) is 4.52. The summed E-state index contributed by atoms with van der Waals surface area (Å²) in [5.41, 5.74) is 2.10. The Labute approximate surface area is 107 Å². The van der Waals surface area contributed by atoms with Crippen LogP contribution in [0, 0.1) is 0 Å². The van der Waals surface area contributed by atoms with Crippen molar-refractivity contribution >= 4 is 16.9 Å². The summed E-state index contributed by atoms with van der Waals surface area (Å²) in [6.07, 6.45) is 0.930. The van der Waals surface area contributed by atoms with Crippen LogP contribution in [0.4, 0.5) is 4.79 Å². The van der Waals surface area contributed by atoms with E-state index in [9.17, 15) is 4.79 Å². The van der Waals surface area contributed by atoms with Crippen LogP contribution in [0.5, 0.6) is 0 Å². The van der Waals surface area contributed by atoms with Gasteiger partial charge in [-0.25, -0.2) is 4.79 Å². The van der Waals surface area contributed by atoms with Gasteiger partial charge in [-0.3, -0.25) is 0 Å². The van der Waals surface area contributed by atoms with E-state index in [1.165, 1.54) is 0 Å². The number of fused-ring (bicyclic) bond motifs is 1. The molecule has 2 rings (SSSR count). The van der Waals surface area contributed by atoms with Crippen LogP contribution < -0.4 is 10.6 Å². The minimum Gasteiger partial charge on any atom is -0.357 e. The lowest BCUT2D eigenvalue weighted by Crippen LogP contribution is -2.40. The Morgan fingerprint density at radius 2 is 2.17 bits per heavy atom. The van der Waals surface area contributed by atoms with Gasteiger partial charge in [-0.15, -0.1) is 0 Å². The van der Waals surface area contributed by atoms with Crippen molar-refractivity contribution in [2.75, 3.05) is 0 Å². The predicted molar refractivity (Wildman–Crippen MR) is 73.4 cm³/mol. The molecule has 0 saturated heterocycles. The van der Waals surface area contributed by atoms with E-state index in [-0.39, 0.29) is 12.1 Å². The van der Waals surface area contributed by atoms with Gasteiger partial charge >= 0.3 is 6.03 Å². The molecule has 0 fully saturated rings. The molecule has 1 heterocycles. The molecule has 0 radical (unpaired) electrons. The number of hydrogen-bond acceptors (Lipinski definition) is 1. The zero-order chi connectivity index (χ0) is 13.0. The summed E-state index contributed by atoms with van der Waals surface area (Å²) in [6, 6.07) is 10.2. The van der Waals surface area contributed by atoms with Gasteiger partial charge in [0.1, 0.15) is 0 Å². The van der Waals surface area contributed by atoms with E-state index in [0.717, 1.165) is 23.0 Å². The molecule has 18 heavy (non-hydrogen) atoms. The standard InChI is InChI=1S/C14H19N3O/c1-3-10(2)16-14(18)15-9-12-8-11-6-4-5-7-13(11)17-12/h4-8,10,17H,3,9H2,1-2H3,(H2,15,16,18). The highest BCUT2D eigenvalue weighted by atomic mass is 16.2. The van der Waals surface area contributed by atoms with E-state index in [1.807, 2.05) is 32.0 Å². The van der Waals surface area contributed by atoms with E-state index in [0.29, 0.717) is 6.54 Å². The van der Waals surface area contributed by atoms with Gasteiger partial charge in [0.25, 0.3) is 0 Å². The highest BCUT2D eigenvalue weighted by molar-refractivity contribution is 5.80. The highest BCUT2D eigenvalue weighted by Crippen LogP contribution is 2.14. The number of aromatic amines is 1. The summed E-state index contributed by atoms with van der Waals surface area (Å²) < 4.78 is 0. The fraction of sp³-hybridized carbons (Fsp3) is 0.357. The zero-order valence-corrected chi connectivity index (χ0v) is 10.8. The second kappa shape index (κ2) is 5.58. The number of H-pyrrole nitrogens is 1. The van der Waals surface area contributed by atoms with E-state index in [2.05, 4.69) is 27.8 Å². The summed E-state index contributed by atoms with van der Waals surface area (Å²) >= 11 is 0. The lowest BCUT2D eigenvalue weighted by molar-refractivity contribution is 0.237. The minimum atomic E-state index is -0.122. The third-order valence-electron chi connectivity index (χ3n) is 3.02. The highest BCUT2D eigenvalue weighted by Gasteiger charge is 2.05.